The minimum atomic E-state index is 0.604. The molecule has 17 heavy (non-hydrogen) atoms. The van der Waals surface area contributed by atoms with Gasteiger partial charge in [0.05, 0.1) is 15.7 Å². The summed E-state index contributed by atoms with van der Waals surface area (Å²) in [5.74, 6) is 0. The van der Waals surface area contributed by atoms with Crippen molar-refractivity contribution in [1.29, 1.82) is 0 Å². The van der Waals surface area contributed by atoms with Crippen LogP contribution in [0.5, 0.6) is 0 Å². The standard InChI is InChI=1S/C12H14ClN3S/c1-8-16-7-10(17-8)6-15-5-9-2-3-11(13)12(14)4-9/h2-4,7,15H,5-6,14H2,1H3. The first-order valence-electron chi connectivity index (χ1n) is 5.31. The third-order valence-electron chi connectivity index (χ3n) is 2.36. The summed E-state index contributed by atoms with van der Waals surface area (Å²) in [5, 5.41) is 5.05. The Balaban J connectivity index is 1.87. The molecule has 0 aliphatic heterocycles. The molecule has 90 valence electrons. The highest BCUT2D eigenvalue weighted by molar-refractivity contribution is 7.11. The van der Waals surface area contributed by atoms with Crippen molar-refractivity contribution in [3.8, 4) is 0 Å². The third-order valence-corrected chi connectivity index (χ3v) is 3.61. The predicted molar refractivity (Wildman–Crippen MR) is 73.3 cm³/mol. The van der Waals surface area contributed by atoms with Gasteiger partial charge in [0, 0.05) is 24.2 Å². The first-order chi connectivity index (χ1) is 8.15. The Morgan fingerprint density at radius 3 is 2.88 bits per heavy atom. The van der Waals surface area contributed by atoms with Gasteiger partial charge in [-0.2, -0.15) is 0 Å². The molecular formula is C12H14ClN3S. The summed E-state index contributed by atoms with van der Waals surface area (Å²) in [7, 11) is 0. The van der Waals surface area contributed by atoms with E-state index in [4.69, 9.17) is 17.3 Å². The maximum Gasteiger partial charge on any atom is 0.0897 e. The second-order valence-corrected chi connectivity index (χ2v) is 5.53. The van der Waals surface area contributed by atoms with Gasteiger partial charge in [-0.3, -0.25) is 0 Å². The summed E-state index contributed by atoms with van der Waals surface area (Å²) in [6.07, 6.45) is 1.91. The van der Waals surface area contributed by atoms with Crippen LogP contribution in [-0.2, 0) is 13.1 Å². The second kappa shape index (κ2) is 5.49. The molecular weight excluding hydrogens is 254 g/mol. The molecule has 0 aliphatic rings. The number of hydrogen-bond donors (Lipinski definition) is 2. The normalized spacial score (nSPS) is 10.7. The van der Waals surface area contributed by atoms with Gasteiger partial charge >= 0.3 is 0 Å². The number of nitrogens with zero attached hydrogens (tertiary/aromatic N) is 1. The molecule has 0 bridgehead atoms. The van der Waals surface area contributed by atoms with E-state index in [2.05, 4.69) is 10.3 Å². The lowest BCUT2D eigenvalue weighted by Crippen LogP contribution is -2.11. The molecule has 0 saturated carbocycles. The highest BCUT2D eigenvalue weighted by atomic mass is 35.5. The Kier molecular flexibility index (Phi) is 3.99. The predicted octanol–water partition coefficient (Wildman–Crippen LogP) is 2.98. The van der Waals surface area contributed by atoms with Gasteiger partial charge in [0.1, 0.15) is 0 Å². The van der Waals surface area contributed by atoms with Gasteiger partial charge in [-0.05, 0) is 24.6 Å². The summed E-state index contributed by atoms with van der Waals surface area (Å²) < 4.78 is 0. The van der Waals surface area contributed by atoms with Crippen molar-refractivity contribution in [2.24, 2.45) is 0 Å². The topological polar surface area (TPSA) is 50.9 Å². The number of anilines is 1. The molecule has 0 aliphatic carbocycles. The summed E-state index contributed by atoms with van der Waals surface area (Å²) in [6.45, 7) is 3.61. The fourth-order valence-corrected chi connectivity index (χ4v) is 2.40. The fraction of sp³-hybridized carbons (Fsp3) is 0.250. The largest absolute Gasteiger partial charge is 0.398 e. The average Bonchev–Trinajstić information content (AvgIpc) is 2.70. The molecule has 0 fully saturated rings. The lowest BCUT2D eigenvalue weighted by molar-refractivity contribution is 0.700. The van der Waals surface area contributed by atoms with E-state index in [1.165, 1.54) is 4.88 Å². The number of rotatable bonds is 4. The maximum absolute atomic E-state index is 5.86. The zero-order valence-corrected chi connectivity index (χ0v) is 11.1. The highest BCUT2D eigenvalue weighted by Crippen LogP contribution is 2.19. The van der Waals surface area contributed by atoms with Crippen LogP contribution in [0.25, 0.3) is 0 Å². The first kappa shape index (κ1) is 12.4. The number of aromatic nitrogens is 1. The molecule has 0 amide bonds. The van der Waals surface area contributed by atoms with Crippen molar-refractivity contribution in [3.05, 3.63) is 44.9 Å². The summed E-state index contributed by atoms with van der Waals surface area (Å²) in [5.41, 5.74) is 7.50. The zero-order chi connectivity index (χ0) is 12.3. The Morgan fingerprint density at radius 1 is 1.41 bits per heavy atom. The van der Waals surface area contributed by atoms with Crippen LogP contribution in [0.4, 0.5) is 5.69 Å². The second-order valence-electron chi connectivity index (χ2n) is 3.81. The molecule has 0 spiro atoms. The summed E-state index contributed by atoms with van der Waals surface area (Å²) in [4.78, 5) is 5.45. The molecule has 3 nitrogen and oxygen atoms in total. The minimum absolute atomic E-state index is 0.604. The van der Waals surface area contributed by atoms with Crippen LogP contribution in [0.3, 0.4) is 0 Å². The molecule has 0 atom stereocenters. The van der Waals surface area contributed by atoms with Gasteiger partial charge in [0.2, 0.25) is 0 Å². The van der Waals surface area contributed by atoms with Gasteiger partial charge in [0.15, 0.2) is 0 Å². The molecule has 3 N–H and O–H groups in total. The van der Waals surface area contributed by atoms with Crippen LogP contribution < -0.4 is 11.1 Å². The van der Waals surface area contributed by atoms with Crippen LogP contribution in [0.2, 0.25) is 5.02 Å². The lowest BCUT2D eigenvalue weighted by Gasteiger charge is -2.05. The van der Waals surface area contributed by atoms with E-state index in [-0.39, 0.29) is 0 Å². The van der Waals surface area contributed by atoms with Crippen molar-refractivity contribution in [3.63, 3.8) is 0 Å². The Hall–Kier alpha value is -1.10. The van der Waals surface area contributed by atoms with E-state index in [9.17, 15) is 0 Å². The molecule has 1 heterocycles. The maximum atomic E-state index is 5.86. The number of halogens is 1. The number of aryl methyl sites for hydroxylation is 1. The Labute approximate surface area is 110 Å². The SMILES string of the molecule is Cc1ncc(CNCc2ccc(Cl)c(N)c2)s1. The van der Waals surface area contributed by atoms with Crippen LogP contribution in [0, 0.1) is 6.92 Å². The average molecular weight is 268 g/mol. The van der Waals surface area contributed by atoms with Crippen LogP contribution in [-0.4, -0.2) is 4.98 Å². The molecule has 0 unspecified atom stereocenters. The molecule has 1 aromatic carbocycles. The van der Waals surface area contributed by atoms with Gasteiger partial charge in [0.25, 0.3) is 0 Å². The van der Waals surface area contributed by atoms with Crippen molar-refractivity contribution in [2.75, 3.05) is 5.73 Å². The van der Waals surface area contributed by atoms with E-state index >= 15 is 0 Å². The Bertz CT molecular complexity index is 510. The monoisotopic (exact) mass is 267 g/mol. The smallest absolute Gasteiger partial charge is 0.0897 e. The van der Waals surface area contributed by atoms with Gasteiger partial charge in [-0.15, -0.1) is 11.3 Å². The van der Waals surface area contributed by atoms with Crippen LogP contribution in [0.1, 0.15) is 15.4 Å². The van der Waals surface area contributed by atoms with Crippen LogP contribution in [0.15, 0.2) is 24.4 Å². The summed E-state index contributed by atoms with van der Waals surface area (Å²) >= 11 is 7.57. The molecule has 5 heteroatoms. The number of thiazole rings is 1. The molecule has 0 saturated heterocycles. The van der Waals surface area contributed by atoms with Gasteiger partial charge < -0.3 is 11.1 Å². The number of nitrogens with two attached hydrogens (primary N) is 1. The van der Waals surface area contributed by atoms with Crippen molar-refractivity contribution in [1.82, 2.24) is 10.3 Å². The Morgan fingerprint density at radius 2 is 2.24 bits per heavy atom. The van der Waals surface area contributed by atoms with Gasteiger partial charge in [-0.25, -0.2) is 4.98 Å². The highest BCUT2D eigenvalue weighted by Gasteiger charge is 2.00. The number of hydrogen-bond acceptors (Lipinski definition) is 4. The minimum Gasteiger partial charge on any atom is -0.398 e. The molecule has 2 aromatic rings. The first-order valence-corrected chi connectivity index (χ1v) is 6.50. The van der Waals surface area contributed by atoms with E-state index < -0.39 is 0 Å². The van der Waals surface area contributed by atoms with Crippen LogP contribution >= 0.6 is 22.9 Å². The van der Waals surface area contributed by atoms with E-state index in [1.54, 1.807) is 11.3 Å². The van der Waals surface area contributed by atoms with E-state index in [0.717, 1.165) is 23.7 Å². The summed E-state index contributed by atoms with van der Waals surface area (Å²) in [6, 6.07) is 5.70. The van der Waals surface area contributed by atoms with Gasteiger partial charge in [-0.1, -0.05) is 17.7 Å². The molecule has 1 aromatic heterocycles. The quantitative estimate of drug-likeness (QED) is 0.838. The molecule has 0 radical (unpaired) electrons. The number of nitrogen functional groups attached to an aromatic ring is 1. The lowest BCUT2D eigenvalue weighted by atomic mass is 10.2. The van der Waals surface area contributed by atoms with E-state index in [0.29, 0.717) is 10.7 Å². The molecule has 2 rings (SSSR count). The van der Waals surface area contributed by atoms with Crippen molar-refractivity contribution >= 4 is 28.6 Å². The van der Waals surface area contributed by atoms with Crippen molar-refractivity contribution < 1.29 is 0 Å². The number of benzene rings is 1. The number of nitrogens with one attached hydrogen (secondary N) is 1. The zero-order valence-electron chi connectivity index (χ0n) is 9.53. The van der Waals surface area contributed by atoms with E-state index in [1.807, 2.05) is 31.3 Å². The third kappa shape index (κ3) is 3.43. The fourth-order valence-electron chi connectivity index (χ4n) is 1.52. The van der Waals surface area contributed by atoms with Crippen molar-refractivity contribution in [2.45, 2.75) is 20.0 Å².